The van der Waals surface area contributed by atoms with Crippen molar-refractivity contribution in [3.8, 4) is 23.1 Å². The second-order valence-corrected chi connectivity index (χ2v) is 10.5. The molecule has 0 aliphatic heterocycles. The average molecular weight is 542 g/mol. The zero-order chi connectivity index (χ0) is 28.0. The van der Waals surface area contributed by atoms with Crippen molar-refractivity contribution in [2.24, 2.45) is 5.92 Å². The number of carbonyl (C=O) groups is 1. The highest BCUT2D eigenvalue weighted by molar-refractivity contribution is 8.00. The van der Waals surface area contributed by atoms with Gasteiger partial charge in [-0.15, -0.1) is 0 Å². The molecule has 0 bridgehead atoms. The predicted molar refractivity (Wildman–Crippen MR) is 144 cm³/mol. The molecule has 38 heavy (non-hydrogen) atoms. The third-order valence-electron chi connectivity index (χ3n) is 5.83. The number of halogens is 3. The van der Waals surface area contributed by atoms with E-state index < -0.39 is 23.2 Å². The summed E-state index contributed by atoms with van der Waals surface area (Å²) in [5, 5.41) is 12.2. The number of aromatic nitrogens is 1. The minimum atomic E-state index is -4.77. The van der Waals surface area contributed by atoms with Crippen molar-refractivity contribution < 1.29 is 22.7 Å². The number of hydrogen-bond donors (Lipinski definition) is 1. The number of anilines is 1. The molecule has 3 aromatic rings. The summed E-state index contributed by atoms with van der Waals surface area (Å²) in [5.41, 5.74) is 2.03. The van der Waals surface area contributed by atoms with Crippen LogP contribution in [0.5, 0.6) is 5.75 Å². The number of carbonyl (C=O) groups excluding carboxylic acids is 1. The van der Waals surface area contributed by atoms with Crippen LogP contribution in [0.1, 0.15) is 48.1 Å². The number of ether oxygens (including phenoxy) is 1. The molecule has 1 amide bonds. The summed E-state index contributed by atoms with van der Waals surface area (Å²) in [4.78, 5) is 17.0. The lowest BCUT2D eigenvalue weighted by molar-refractivity contribution is -0.138. The summed E-state index contributed by atoms with van der Waals surface area (Å²) in [6.45, 7) is 10.3. The zero-order valence-corrected chi connectivity index (χ0v) is 22.8. The lowest BCUT2D eigenvalue weighted by Gasteiger charge is -2.16. The number of amides is 1. The van der Waals surface area contributed by atoms with Crippen LogP contribution in [0.2, 0.25) is 0 Å². The fourth-order valence-electron chi connectivity index (χ4n) is 3.67. The molecule has 3 rings (SSSR count). The molecule has 0 atom stereocenters. The largest absolute Gasteiger partial charge is 0.493 e. The summed E-state index contributed by atoms with van der Waals surface area (Å²) >= 11 is 0.799. The quantitative estimate of drug-likeness (QED) is 0.281. The normalized spacial score (nSPS) is 11.4. The first-order valence-electron chi connectivity index (χ1n) is 12.1. The number of thioether (sulfide) groups is 1. The first-order valence-corrected chi connectivity index (χ1v) is 13.1. The van der Waals surface area contributed by atoms with Gasteiger partial charge in [0.2, 0.25) is 5.91 Å². The number of benzene rings is 2. The monoisotopic (exact) mass is 541 g/mol. The number of pyridine rings is 1. The Bertz CT molecular complexity index is 1360. The van der Waals surface area contributed by atoms with Gasteiger partial charge in [-0.1, -0.05) is 37.7 Å². The highest BCUT2D eigenvalue weighted by Gasteiger charge is 2.36. The van der Waals surface area contributed by atoms with E-state index in [1.807, 2.05) is 39.0 Å². The molecule has 1 heterocycles. The second kappa shape index (κ2) is 12.4. The molecule has 1 N–H and O–H groups in total. The summed E-state index contributed by atoms with van der Waals surface area (Å²) in [6, 6.07) is 13.2. The minimum Gasteiger partial charge on any atom is -0.493 e. The van der Waals surface area contributed by atoms with E-state index in [1.165, 1.54) is 0 Å². The molecular formula is C29H30F3N3O2S. The first kappa shape index (κ1) is 29.1. The highest BCUT2D eigenvalue weighted by Crippen LogP contribution is 2.38. The maximum absolute atomic E-state index is 13.9. The van der Waals surface area contributed by atoms with Crippen molar-refractivity contribution in [1.29, 1.82) is 5.26 Å². The van der Waals surface area contributed by atoms with Gasteiger partial charge >= 0.3 is 6.18 Å². The van der Waals surface area contributed by atoms with Crippen LogP contribution in [0.4, 0.5) is 18.9 Å². The third kappa shape index (κ3) is 7.51. The van der Waals surface area contributed by atoms with E-state index in [2.05, 4.69) is 24.1 Å². The number of nitrogens with one attached hydrogen (secondary N) is 1. The Morgan fingerprint density at radius 1 is 1.11 bits per heavy atom. The Morgan fingerprint density at radius 2 is 1.84 bits per heavy atom. The molecule has 0 aliphatic carbocycles. The van der Waals surface area contributed by atoms with E-state index in [0.29, 0.717) is 29.5 Å². The average Bonchev–Trinajstić information content (AvgIpc) is 2.84. The van der Waals surface area contributed by atoms with Crippen molar-refractivity contribution in [2.45, 2.75) is 52.2 Å². The van der Waals surface area contributed by atoms with Gasteiger partial charge in [-0.05, 0) is 80.1 Å². The maximum atomic E-state index is 13.9. The van der Waals surface area contributed by atoms with Gasteiger partial charge in [0.25, 0.3) is 0 Å². The standard InChI is InChI=1S/C29H30F3N3O2S/c1-17(2)10-11-37-26-9-8-21(13-20(26)5)25-14-23(29(30,31)32)22(15-33)28(35-25)38-16-27(36)34-24-12-18(3)6-7-19(24)4/h6-9,12-14,17H,10-11,16H2,1-5H3,(H,34,36). The summed E-state index contributed by atoms with van der Waals surface area (Å²) in [6.07, 6.45) is -3.89. The Morgan fingerprint density at radius 3 is 2.47 bits per heavy atom. The van der Waals surface area contributed by atoms with Crippen LogP contribution in [0.3, 0.4) is 0 Å². The van der Waals surface area contributed by atoms with Gasteiger partial charge in [0.1, 0.15) is 16.8 Å². The third-order valence-corrected chi connectivity index (χ3v) is 6.81. The van der Waals surface area contributed by atoms with Crippen molar-refractivity contribution >= 4 is 23.4 Å². The molecule has 0 radical (unpaired) electrons. The summed E-state index contributed by atoms with van der Waals surface area (Å²) in [5.74, 6) is 0.512. The number of nitriles is 1. The Balaban J connectivity index is 1.90. The van der Waals surface area contributed by atoms with Gasteiger partial charge in [0.05, 0.1) is 29.2 Å². The number of hydrogen-bond acceptors (Lipinski definition) is 5. The predicted octanol–water partition coefficient (Wildman–Crippen LogP) is 7.72. The van der Waals surface area contributed by atoms with Gasteiger partial charge in [-0.3, -0.25) is 4.79 Å². The zero-order valence-electron chi connectivity index (χ0n) is 22.0. The van der Waals surface area contributed by atoms with Gasteiger partial charge in [-0.2, -0.15) is 18.4 Å². The van der Waals surface area contributed by atoms with Gasteiger partial charge in [0, 0.05) is 11.3 Å². The molecule has 0 aliphatic rings. The Labute approximate surface area is 225 Å². The maximum Gasteiger partial charge on any atom is 0.417 e. The van der Waals surface area contributed by atoms with Gasteiger partial charge < -0.3 is 10.1 Å². The van der Waals surface area contributed by atoms with Crippen molar-refractivity contribution in [3.63, 3.8) is 0 Å². The van der Waals surface area contributed by atoms with Crippen LogP contribution in [0.25, 0.3) is 11.3 Å². The van der Waals surface area contributed by atoms with E-state index in [0.717, 1.165) is 40.9 Å². The Kier molecular flexibility index (Phi) is 9.45. The van der Waals surface area contributed by atoms with Crippen molar-refractivity contribution in [1.82, 2.24) is 4.98 Å². The molecule has 0 saturated carbocycles. The van der Waals surface area contributed by atoms with Crippen LogP contribution in [-0.4, -0.2) is 23.3 Å². The molecule has 0 spiro atoms. The van der Waals surface area contributed by atoms with E-state index in [1.54, 1.807) is 24.3 Å². The van der Waals surface area contributed by atoms with Gasteiger partial charge in [-0.25, -0.2) is 4.98 Å². The topological polar surface area (TPSA) is 75.0 Å². The number of alkyl halides is 3. The second-order valence-electron chi connectivity index (χ2n) is 9.51. The molecule has 0 saturated heterocycles. The van der Waals surface area contributed by atoms with Crippen LogP contribution >= 0.6 is 11.8 Å². The highest BCUT2D eigenvalue weighted by atomic mass is 32.2. The molecule has 200 valence electrons. The van der Waals surface area contributed by atoms with E-state index in [-0.39, 0.29) is 16.5 Å². The van der Waals surface area contributed by atoms with Crippen molar-refractivity contribution in [2.75, 3.05) is 17.7 Å². The summed E-state index contributed by atoms with van der Waals surface area (Å²) in [7, 11) is 0. The van der Waals surface area contributed by atoms with Crippen LogP contribution < -0.4 is 10.1 Å². The van der Waals surface area contributed by atoms with E-state index in [4.69, 9.17) is 4.74 Å². The molecule has 5 nitrogen and oxygen atoms in total. The number of rotatable bonds is 9. The summed E-state index contributed by atoms with van der Waals surface area (Å²) < 4.78 is 47.6. The number of nitrogens with zero attached hydrogens (tertiary/aromatic N) is 2. The minimum absolute atomic E-state index is 0.0607. The van der Waals surface area contributed by atoms with Crippen molar-refractivity contribution in [3.05, 3.63) is 70.3 Å². The van der Waals surface area contributed by atoms with Crippen LogP contribution in [-0.2, 0) is 11.0 Å². The molecular weight excluding hydrogens is 511 g/mol. The van der Waals surface area contributed by atoms with Crippen LogP contribution in [0.15, 0.2) is 47.5 Å². The fraction of sp³-hybridized carbons (Fsp3) is 0.345. The SMILES string of the molecule is Cc1ccc(C)c(NC(=O)CSc2nc(-c3ccc(OCCC(C)C)c(C)c3)cc(C(F)(F)F)c2C#N)c1. The van der Waals surface area contributed by atoms with E-state index in [9.17, 15) is 23.2 Å². The fourth-order valence-corrected chi connectivity index (χ4v) is 4.47. The first-order chi connectivity index (χ1) is 17.9. The smallest absolute Gasteiger partial charge is 0.417 e. The molecule has 0 unspecified atom stereocenters. The Hall–Kier alpha value is -3.51. The van der Waals surface area contributed by atoms with E-state index >= 15 is 0 Å². The lowest BCUT2D eigenvalue weighted by atomic mass is 10.0. The molecule has 0 fully saturated rings. The number of aryl methyl sites for hydroxylation is 3. The van der Waals surface area contributed by atoms with Crippen LogP contribution in [0, 0.1) is 38.0 Å². The molecule has 2 aromatic carbocycles. The van der Waals surface area contributed by atoms with Gasteiger partial charge in [0.15, 0.2) is 0 Å². The lowest BCUT2D eigenvalue weighted by Crippen LogP contribution is -2.16. The molecule has 1 aromatic heterocycles. The molecule has 9 heteroatoms.